The number of carbonyl (C=O) groups is 2. The summed E-state index contributed by atoms with van der Waals surface area (Å²) in [7, 11) is 1.54. The molecular weight excluding hydrogens is 338 g/mol. The lowest BCUT2D eigenvalue weighted by Crippen LogP contribution is -2.57. The van der Waals surface area contributed by atoms with Crippen LogP contribution in [0.25, 0.3) is 0 Å². The van der Waals surface area contributed by atoms with Crippen molar-refractivity contribution in [1.82, 2.24) is 15.2 Å². The highest BCUT2D eigenvalue weighted by molar-refractivity contribution is 7.13. The maximum absolute atomic E-state index is 12.8. The normalized spacial score (nSPS) is 19.7. The summed E-state index contributed by atoms with van der Waals surface area (Å²) in [5.41, 5.74) is 0.627. The zero-order valence-corrected chi connectivity index (χ0v) is 16.1. The van der Waals surface area contributed by atoms with Gasteiger partial charge in [0.15, 0.2) is 0 Å². The Bertz CT molecular complexity index is 646. The van der Waals surface area contributed by atoms with Gasteiger partial charge < -0.3 is 15.0 Å². The van der Waals surface area contributed by atoms with E-state index in [1.54, 1.807) is 0 Å². The van der Waals surface area contributed by atoms with Crippen LogP contribution in [0, 0.1) is 19.8 Å². The van der Waals surface area contributed by atoms with Gasteiger partial charge in [-0.25, -0.2) is 4.98 Å². The molecule has 7 heteroatoms. The molecule has 1 saturated carbocycles. The average Bonchev–Trinajstić information content (AvgIpc) is 3.29. The second-order valence-electron chi connectivity index (χ2n) is 7.35. The third kappa shape index (κ3) is 4.39. The molecule has 1 N–H and O–H groups in total. The highest BCUT2D eigenvalue weighted by Gasteiger charge is 2.41. The van der Waals surface area contributed by atoms with Crippen molar-refractivity contribution < 1.29 is 14.3 Å². The number of methoxy groups -OCH3 is 1. The van der Waals surface area contributed by atoms with E-state index in [1.807, 2.05) is 18.7 Å². The molecule has 6 nitrogen and oxygen atoms in total. The first-order valence-electron chi connectivity index (χ1n) is 8.96. The van der Waals surface area contributed by atoms with Crippen LogP contribution in [0.15, 0.2) is 0 Å². The molecule has 25 heavy (non-hydrogen) atoms. The molecular formula is C18H27N3O3S. The number of nitrogens with one attached hydrogen (secondary N) is 1. The van der Waals surface area contributed by atoms with Gasteiger partial charge in [-0.1, -0.05) is 12.8 Å². The van der Waals surface area contributed by atoms with Crippen LogP contribution in [0.1, 0.15) is 52.5 Å². The number of hydrogen-bond donors (Lipinski definition) is 1. The molecule has 1 aromatic rings. The number of nitrogens with zero attached hydrogens (tertiary/aromatic N) is 2. The van der Waals surface area contributed by atoms with E-state index in [0.29, 0.717) is 13.1 Å². The number of hydrogen-bond acceptors (Lipinski definition) is 5. The van der Waals surface area contributed by atoms with Crippen molar-refractivity contribution >= 4 is 23.2 Å². The predicted molar refractivity (Wildman–Crippen MR) is 96.8 cm³/mol. The van der Waals surface area contributed by atoms with Crippen molar-refractivity contribution in [1.29, 1.82) is 0 Å². The number of aryl methyl sites for hydroxylation is 2. The first kappa shape index (κ1) is 18.3. The van der Waals surface area contributed by atoms with E-state index in [1.165, 1.54) is 31.3 Å². The lowest BCUT2D eigenvalue weighted by Gasteiger charge is -2.42. The van der Waals surface area contributed by atoms with E-state index in [0.717, 1.165) is 40.8 Å². The van der Waals surface area contributed by atoms with Gasteiger partial charge in [0.25, 0.3) is 5.91 Å². The van der Waals surface area contributed by atoms with Gasteiger partial charge in [0.2, 0.25) is 5.91 Å². The minimum Gasteiger partial charge on any atom is -0.375 e. The largest absolute Gasteiger partial charge is 0.375 e. The first-order valence-corrected chi connectivity index (χ1v) is 9.77. The van der Waals surface area contributed by atoms with Crippen LogP contribution < -0.4 is 5.32 Å². The van der Waals surface area contributed by atoms with Gasteiger partial charge in [-0.15, -0.1) is 11.3 Å². The molecule has 0 atom stereocenters. The van der Waals surface area contributed by atoms with Crippen molar-refractivity contribution in [2.75, 3.05) is 26.8 Å². The molecule has 2 fully saturated rings. The molecule has 2 amide bonds. The summed E-state index contributed by atoms with van der Waals surface area (Å²) in [4.78, 5) is 31.9. The van der Waals surface area contributed by atoms with Crippen LogP contribution in [-0.4, -0.2) is 54.0 Å². The summed E-state index contributed by atoms with van der Waals surface area (Å²) in [5, 5.41) is 4.13. The topological polar surface area (TPSA) is 71.5 Å². The summed E-state index contributed by atoms with van der Waals surface area (Å²) < 4.78 is 4.96. The fraction of sp³-hybridized carbons (Fsp3) is 0.722. The van der Waals surface area contributed by atoms with Crippen molar-refractivity contribution in [3.05, 3.63) is 15.6 Å². The molecule has 0 spiro atoms. The molecule has 3 rings (SSSR count). The van der Waals surface area contributed by atoms with Gasteiger partial charge in [0.05, 0.1) is 10.7 Å². The molecule has 0 radical (unpaired) electrons. The fourth-order valence-electron chi connectivity index (χ4n) is 3.73. The molecule has 0 unspecified atom stereocenters. The summed E-state index contributed by atoms with van der Waals surface area (Å²) in [6.45, 7) is 5.26. The first-order chi connectivity index (χ1) is 11.9. The molecule has 1 saturated heterocycles. The number of piperidine rings is 1. The maximum Gasteiger partial charge on any atom is 0.265 e. The Hall–Kier alpha value is -1.47. The summed E-state index contributed by atoms with van der Waals surface area (Å²) in [5.74, 6) is 0.736. The lowest BCUT2D eigenvalue weighted by molar-refractivity contribution is -0.127. The third-order valence-corrected chi connectivity index (χ3v) is 6.22. The van der Waals surface area contributed by atoms with Crippen LogP contribution in [-0.2, 0) is 9.53 Å². The van der Waals surface area contributed by atoms with Gasteiger partial charge in [0, 0.05) is 25.7 Å². The highest BCUT2D eigenvalue weighted by Crippen LogP contribution is 2.40. The van der Waals surface area contributed by atoms with Gasteiger partial charge in [-0.05, 0) is 39.0 Å². The number of thiazole rings is 1. The Morgan fingerprint density at radius 3 is 2.52 bits per heavy atom. The smallest absolute Gasteiger partial charge is 0.265 e. The second-order valence-corrected chi connectivity index (χ2v) is 8.55. The molecule has 1 aromatic heterocycles. The monoisotopic (exact) mass is 365 g/mol. The van der Waals surface area contributed by atoms with E-state index in [-0.39, 0.29) is 24.0 Å². The predicted octanol–water partition coefficient (Wildman–Crippen LogP) is 2.30. The zero-order valence-electron chi connectivity index (χ0n) is 15.3. The SMILES string of the molecule is COCC(=O)NC1(CC2CC2)CCN(C(=O)c2sc(C)nc2C)CC1. The summed E-state index contributed by atoms with van der Waals surface area (Å²) >= 11 is 1.47. The number of rotatable bonds is 6. The number of carbonyl (C=O) groups excluding carboxylic acids is 2. The molecule has 0 bridgehead atoms. The Kier molecular flexibility index (Phi) is 5.43. The van der Waals surface area contributed by atoms with E-state index < -0.39 is 0 Å². The quantitative estimate of drug-likeness (QED) is 0.840. The summed E-state index contributed by atoms with van der Waals surface area (Å²) in [6.07, 6.45) is 5.14. The molecule has 2 heterocycles. The molecule has 0 aromatic carbocycles. The highest BCUT2D eigenvalue weighted by atomic mass is 32.1. The van der Waals surface area contributed by atoms with E-state index >= 15 is 0 Å². The number of ether oxygens (including phenoxy) is 1. The minimum absolute atomic E-state index is 0.0585. The maximum atomic E-state index is 12.8. The van der Waals surface area contributed by atoms with Gasteiger partial charge in [-0.2, -0.15) is 0 Å². The van der Waals surface area contributed by atoms with E-state index in [4.69, 9.17) is 4.74 Å². The van der Waals surface area contributed by atoms with Gasteiger partial charge in [0.1, 0.15) is 11.5 Å². The molecule has 2 aliphatic rings. The number of likely N-dealkylation sites (tertiary alicyclic amines) is 1. The Labute approximate surface area is 153 Å². The molecule has 1 aliphatic heterocycles. The zero-order chi connectivity index (χ0) is 18.0. The lowest BCUT2D eigenvalue weighted by atomic mass is 9.82. The van der Waals surface area contributed by atoms with Crippen LogP contribution in [0.4, 0.5) is 0 Å². The average molecular weight is 365 g/mol. The van der Waals surface area contributed by atoms with Crippen LogP contribution in [0.3, 0.4) is 0 Å². The fourth-order valence-corrected chi connectivity index (χ4v) is 4.62. The number of aromatic nitrogens is 1. The van der Waals surface area contributed by atoms with Crippen LogP contribution in [0.2, 0.25) is 0 Å². The summed E-state index contributed by atoms with van der Waals surface area (Å²) in [6, 6.07) is 0. The standard InChI is InChI=1S/C18H27N3O3S/c1-12-16(25-13(2)19-12)17(23)21-8-6-18(7-9-21,10-14-4-5-14)20-15(22)11-24-3/h14H,4-11H2,1-3H3,(H,20,22). The van der Waals surface area contributed by atoms with Crippen molar-refractivity contribution in [3.8, 4) is 0 Å². The van der Waals surface area contributed by atoms with Crippen molar-refractivity contribution in [3.63, 3.8) is 0 Å². The van der Waals surface area contributed by atoms with Crippen LogP contribution >= 0.6 is 11.3 Å². The third-order valence-electron chi connectivity index (χ3n) is 5.16. The van der Waals surface area contributed by atoms with Gasteiger partial charge in [-0.3, -0.25) is 9.59 Å². The Morgan fingerprint density at radius 2 is 2.00 bits per heavy atom. The van der Waals surface area contributed by atoms with Crippen molar-refractivity contribution in [2.24, 2.45) is 5.92 Å². The van der Waals surface area contributed by atoms with E-state index in [2.05, 4.69) is 10.3 Å². The van der Waals surface area contributed by atoms with E-state index in [9.17, 15) is 9.59 Å². The molecule has 1 aliphatic carbocycles. The van der Waals surface area contributed by atoms with Crippen molar-refractivity contribution in [2.45, 2.75) is 51.5 Å². The molecule has 138 valence electrons. The Morgan fingerprint density at radius 1 is 1.32 bits per heavy atom. The van der Waals surface area contributed by atoms with Crippen LogP contribution in [0.5, 0.6) is 0 Å². The van der Waals surface area contributed by atoms with Gasteiger partial charge >= 0.3 is 0 Å². The number of amides is 2. The second kappa shape index (κ2) is 7.41. The Balaban J connectivity index is 1.65. The minimum atomic E-state index is -0.188.